The van der Waals surface area contributed by atoms with E-state index in [1.165, 1.54) is 24.8 Å². The van der Waals surface area contributed by atoms with Crippen LogP contribution in [0.2, 0.25) is 0 Å². The normalized spacial score (nSPS) is 30.7. The lowest BCUT2D eigenvalue weighted by atomic mass is 9.60. The molecule has 2 fully saturated rings. The van der Waals surface area contributed by atoms with Gasteiger partial charge in [0, 0.05) is 24.7 Å². The van der Waals surface area contributed by atoms with Crippen LogP contribution in [0.5, 0.6) is 0 Å². The lowest BCUT2D eigenvalue weighted by Gasteiger charge is -2.50. The third kappa shape index (κ3) is 2.38. The zero-order valence-corrected chi connectivity index (χ0v) is 12.3. The molecule has 21 heavy (non-hydrogen) atoms. The third-order valence-corrected chi connectivity index (χ3v) is 5.36. The fourth-order valence-electron chi connectivity index (χ4n) is 4.43. The first-order valence-electron chi connectivity index (χ1n) is 8.12. The quantitative estimate of drug-likeness (QED) is 0.921. The molecule has 0 saturated heterocycles. The predicted octanol–water partition coefficient (Wildman–Crippen LogP) is 3.75. The number of nitrogens with one attached hydrogen (secondary N) is 1. The molecule has 1 aromatic carbocycles. The Bertz CT molecular complexity index is 581. The van der Waals surface area contributed by atoms with E-state index in [1.807, 2.05) is 12.3 Å². The van der Waals surface area contributed by atoms with Crippen molar-refractivity contribution in [2.75, 3.05) is 0 Å². The van der Waals surface area contributed by atoms with E-state index in [1.54, 1.807) is 0 Å². The number of benzene rings is 1. The van der Waals surface area contributed by atoms with Crippen molar-refractivity contribution >= 4 is 0 Å². The minimum atomic E-state index is 0.627. The maximum Gasteiger partial charge on any atom is 0.0541 e. The van der Waals surface area contributed by atoms with Gasteiger partial charge in [-0.25, -0.2) is 0 Å². The van der Waals surface area contributed by atoms with Crippen molar-refractivity contribution in [1.29, 1.82) is 0 Å². The summed E-state index contributed by atoms with van der Waals surface area (Å²) in [7, 11) is 0. The van der Waals surface area contributed by atoms with Crippen LogP contribution in [0.1, 0.15) is 36.4 Å². The fraction of sp³-hybridized carbons (Fsp3) is 0.421. The van der Waals surface area contributed by atoms with Gasteiger partial charge in [0.1, 0.15) is 0 Å². The van der Waals surface area contributed by atoms with E-state index in [0.717, 1.165) is 24.1 Å². The first-order valence-corrected chi connectivity index (χ1v) is 8.12. The Morgan fingerprint density at radius 2 is 1.76 bits per heavy atom. The molecule has 2 aromatic rings. The Balaban J connectivity index is 1.50. The molecule has 0 amide bonds. The summed E-state index contributed by atoms with van der Waals surface area (Å²) in [5.41, 5.74) is 2.66. The van der Waals surface area contributed by atoms with E-state index in [2.05, 4.69) is 52.8 Å². The van der Waals surface area contributed by atoms with Gasteiger partial charge in [-0.05, 0) is 42.4 Å². The average molecular weight is 278 g/mol. The highest BCUT2D eigenvalue weighted by Gasteiger charge is 2.52. The monoisotopic (exact) mass is 278 g/mol. The Labute approximate surface area is 126 Å². The molecule has 108 valence electrons. The highest BCUT2D eigenvalue weighted by molar-refractivity contribution is 5.28. The lowest BCUT2D eigenvalue weighted by Crippen LogP contribution is -2.54. The summed E-state index contributed by atoms with van der Waals surface area (Å²) in [6.07, 6.45) is 6.09. The smallest absolute Gasteiger partial charge is 0.0541 e. The SMILES string of the molecule is c1ccc([C@@H]2C3CCCC3[C@H]2NCc2ccccn2)cc1. The maximum absolute atomic E-state index is 4.43. The molecule has 2 unspecified atom stereocenters. The second kappa shape index (κ2) is 5.61. The first-order chi connectivity index (χ1) is 10.4. The molecule has 2 heteroatoms. The van der Waals surface area contributed by atoms with E-state index in [4.69, 9.17) is 0 Å². The van der Waals surface area contributed by atoms with Crippen molar-refractivity contribution in [2.45, 2.75) is 37.8 Å². The van der Waals surface area contributed by atoms with Crippen LogP contribution in [0.3, 0.4) is 0 Å². The summed E-state index contributed by atoms with van der Waals surface area (Å²) < 4.78 is 0. The van der Waals surface area contributed by atoms with Gasteiger partial charge in [0.05, 0.1) is 5.69 Å². The molecule has 0 aliphatic heterocycles. The predicted molar refractivity (Wildman–Crippen MR) is 84.9 cm³/mol. The topological polar surface area (TPSA) is 24.9 Å². The maximum atomic E-state index is 4.43. The van der Waals surface area contributed by atoms with Gasteiger partial charge in [0.15, 0.2) is 0 Å². The number of hydrogen-bond donors (Lipinski definition) is 1. The van der Waals surface area contributed by atoms with Gasteiger partial charge in [0.2, 0.25) is 0 Å². The summed E-state index contributed by atoms with van der Waals surface area (Å²) >= 11 is 0. The molecule has 1 N–H and O–H groups in total. The van der Waals surface area contributed by atoms with Crippen molar-refractivity contribution in [3.05, 3.63) is 66.0 Å². The first kappa shape index (κ1) is 13.0. The minimum Gasteiger partial charge on any atom is -0.307 e. The highest BCUT2D eigenvalue weighted by atomic mass is 15.0. The van der Waals surface area contributed by atoms with Gasteiger partial charge in [-0.3, -0.25) is 4.98 Å². The summed E-state index contributed by atoms with van der Waals surface area (Å²) in [5, 5.41) is 3.79. The molecule has 2 aliphatic rings. The molecule has 1 aromatic heterocycles. The zero-order valence-electron chi connectivity index (χ0n) is 12.3. The molecule has 0 bridgehead atoms. The van der Waals surface area contributed by atoms with E-state index in [-0.39, 0.29) is 0 Å². The van der Waals surface area contributed by atoms with Crippen molar-refractivity contribution in [2.24, 2.45) is 11.8 Å². The number of rotatable bonds is 4. The Morgan fingerprint density at radius 1 is 0.952 bits per heavy atom. The van der Waals surface area contributed by atoms with E-state index in [0.29, 0.717) is 12.0 Å². The number of fused-ring (bicyclic) bond motifs is 1. The van der Waals surface area contributed by atoms with Crippen molar-refractivity contribution in [3.63, 3.8) is 0 Å². The van der Waals surface area contributed by atoms with Crippen LogP contribution in [0, 0.1) is 11.8 Å². The lowest BCUT2D eigenvalue weighted by molar-refractivity contribution is 0.0938. The van der Waals surface area contributed by atoms with Crippen LogP contribution < -0.4 is 5.32 Å². The Hall–Kier alpha value is -1.67. The van der Waals surface area contributed by atoms with Crippen LogP contribution in [0.25, 0.3) is 0 Å². The van der Waals surface area contributed by atoms with Gasteiger partial charge < -0.3 is 5.32 Å². The van der Waals surface area contributed by atoms with Gasteiger partial charge in [-0.15, -0.1) is 0 Å². The zero-order chi connectivity index (χ0) is 14.1. The summed E-state index contributed by atoms with van der Waals surface area (Å²) in [6.45, 7) is 0.887. The van der Waals surface area contributed by atoms with Crippen molar-refractivity contribution in [3.8, 4) is 0 Å². The second-order valence-electron chi connectivity index (χ2n) is 6.42. The summed E-state index contributed by atoms with van der Waals surface area (Å²) in [5.74, 6) is 2.47. The molecule has 4 rings (SSSR count). The van der Waals surface area contributed by atoms with E-state index < -0.39 is 0 Å². The highest BCUT2D eigenvalue weighted by Crippen LogP contribution is 2.55. The van der Waals surface area contributed by atoms with Crippen LogP contribution in [0.15, 0.2) is 54.7 Å². The summed E-state index contributed by atoms with van der Waals surface area (Å²) in [4.78, 5) is 4.43. The fourth-order valence-corrected chi connectivity index (χ4v) is 4.43. The van der Waals surface area contributed by atoms with Crippen LogP contribution in [-0.4, -0.2) is 11.0 Å². The van der Waals surface area contributed by atoms with E-state index >= 15 is 0 Å². The van der Waals surface area contributed by atoms with Crippen LogP contribution in [-0.2, 0) is 6.54 Å². The Kier molecular flexibility index (Phi) is 3.48. The molecule has 2 aliphatic carbocycles. The van der Waals surface area contributed by atoms with Crippen molar-refractivity contribution < 1.29 is 0 Å². The largest absolute Gasteiger partial charge is 0.307 e. The molecular weight excluding hydrogens is 256 g/mol. The molecule has 0 radical (unpaired) electrons. The average Bonchev–Trinajstić information content (AvgIpc) is 2.94. The third-order valence-electron chi connectivity index (χ3n) is 5.36. The number of aromatic nitrogens is 1. The van der Waals surface area contributed by atoms with Crippen LogP contribution >= 0.6 is 0 Å². The van der Waals surface area contributed by atoms with E-state index in [9.17, 15) is 0 Å². The molecule has 2 saturated carbocycles. The molecular formula is C19H22N2. The number of hydrogen-bond acceptors (Lipinski definition) is 2. The van der Waals surface area contributed by atoms with Gasteiger partial charge in [0.25, 0.3) is 0 Å². The molecule has 1 heterocycles. The number of pyridine rings is 1. The second-order valence-corrected chi connectivity index (χ2v) is 6.42. The standard InChI is InChI=1S/C19H22N2/c1-2-7-14(8-3-1)18-16-10-6-11-17(16)19(18)21-13-15-9-4-5-12-20-15/h1-5,7-9,12,16-19,21H,6,10-11,13H2/t16?,17?,18-,19-/m1/s1. The molecule has 2 nitrogen and oxygen atoms in total. The van der Waals surface area contributed by atoms with Gasteiger partial charge in [-0.1, -0.05) is 42.8 Å². The number of nitrogens with zero attached hydrogens (tertiary/aromatic N) is 1. The van der Waals surface area contributed by atoms with Crippen molar-refractivity contribution in [1.82, 2.24) is 10.3 Å². The van der Waals surface area contributed by atoms with Gasteiger partial charge in [-0.2, -0.15) is 0 Å². The summed E-state index contributed by atoms with van der Waals surface area (Å²) in [6, 6.07) is 17.8. The van der Waals surface area contributed by atoms with Gasteiger partial charge >= 0.3 is 0 Å². The van der Waals surface area contributed by atoms with Crippen LogP contribution in [0.4, 0.5) is 0 Å². The Morgan fingerprint density at radius 3 is 2.57 bits per heavy atom. The molecule has 4 atom stereocenters. The molecule has 0 spiro atoms. The minimum absolute atomic E-state index is 0.627.